The van der Waals surface area contributed by atoms with E-state index in [-0.39, 0.29) is 25.0 Å². The average Bonchev–Trinajstić information content (AvgIpc) is 3.03. The smallest absolute Gasteiger partial charge is 0.372 e. The van der Waals surface area contributed by atoms with Gasteiger partial charge in [0.15, 0.2) is 0 Å². The number of nitrogens with zero attached hydrogens (tertiary/aromatic N) is 3. The number of alkyl halides is 3. The fourth-order valence-corrected chi connectivity index (χ4v) is 2.63. The second-order valence-electron chi connectivity index (χ2n) is 5.54. The van der Waals surface area contributed by atoms with Gasteiger partial charge in [-0.15, -0.1) is 0 Å². The molecule has 1 saturated heterocycles. The van der Waals surface area contributed by atoms with Gasteiger partial charge in [0.25, 0.3) is 0 Å². The van der Waals surface area contributed by atoms with Crippen LogP contribution in [0.4, 0.5) is 13.2 Å². The van der Waals surface area contributed by atoms with Crippen molar-refractivity contribution in [1.82, 2.24) is 14.7 Å². The Kier molecular flexibility index (Phi) is 5.44. The van der Waals surface area contributed by atoms with Crippen molar-refractivity contribution < 1.29 is 22.7 Å². The first kappa shape index (κ1) is 16.8. The van der Waals surface area contributed by atoms with Crippen molar-refractivity contribution in [2.24, 2.45) is 0 Å². The molecule has 1 aliphatic rings. The number of likely N-dealkylation sites (tertiary alicyclic amines) is 1. The molecule has 0 aromatic carbocycles. The van der Waals surface area contributed by atoms with Gasteiger partial charge in [0.1, 0.15) is 6.61 Å². The van der Waals surface area contributed by atoms with Gasteiger partial charge in [-0.05, 0) is 25.3 Å². The van der Waals surface area contributed by atoms with Crippen LogP contribution in [0.1, 0.15) is 24.8 Å². The van der Waals surface area contributed by atoms with Crippen LogP contribution in [0.25, 0.3) is 0 Å². The molecule has 0 unspecified atom stereocenters. The maximum absolute atomic E-state index is 12.1. The fraction of sp³-hybridized carbons (Fsp3) is 0.714. The van der Waals surface area contributed by atoms with Crippen molar-refractivity contribution in [2.75, 3.05) is 19.8 Å². The van der Waals surface area contributed by atoms with Gasteiger partial charge in [0.05, 0.1) is 31.8 Å². The summed E-state index contributed by atoms with van der Waals surface area (Å²) in [4.78, 5) is 13.8. The summed E-state index contributed by atoms with van der Waals surface area (Å²) in [5.74, 6) is -0.159. The Morgan fingerprint density at radius 3 is 2.91 bits per heavy atom. The molecule has 124 valence electrons. The van der Waals surface area contributed by atoms with Gasteiger partial charge in [0, 0.05) is 12.7 Å². The van der Waals surface area contributed by atoms with Crippen molar-refractivity contribution >= 4 is 5.91 Å². The maximum Gasteiger partial charge on any atom is 0.411 e. The lowest BCUT2D eigenvalue weighted by Gasteiger charge is -2.24. The highest BCUT2D eigenvalue weighted by molar-refractivity contribution is 5.76. The third-order valence-corrected chi connectivity index (χ3v) is 3.58. The summed E-state index contributed by atoms with van der Waals surface area (Å²) in [7, 11) is 0. The lowest BCUT2D eigenvalue weighted by molar-refractivity contribution is -0.175. The van der Waals surface area contributed by atoms with Gasteiger partial charge < -0.3 is 9.64 Å². The van der Waals surface area contributed by atoms with Crippen LogP contribution in [-0.2, 0) is 16.1 Å². The van der Waals surface area contributed by atoms with Crippen LogP contribution in [0.3, 0.4) is 0 Å². The maximum atomic E-state index is 12.1. The van der Waals surface area contributed by atoms with E-state index in [2.05, 4.69) is 9.84 Å². The van der Waals surface area contributed by atoms with Gasteiger partial charge >= 0.3 is 6.18 Å². The predicted octanol–water partition coefficient (Wildman–Crippen LogP) is 2.15. The summed E-state index contributed by atoms with van der Waals surface area (Å²) in [6.45, 7) is 1.68. The minimum Gasteiger partial charge on any atom is -0.372 e. The molecule has 0 saturated carbocycles. The molecular formula is C14H20F3N3O2. The summed E-state index contributed by atoms with van der Waals surface area (Å²) in [5, 5.41) is 4.20. The Balaban J connectivity index is 1.78. The molecule has 0 bridgehead atoms. The molecule has 0 spiro atoms. The summed E-state index contributed by atoms with van der Waals surface area (Å²) >= 11 is 0. The van der Waals surface area contributed by atoms with Gasteiger partial charge in [-0.2, -0.15) is 18.3 Å². The molecule has 1 aromatic heterocycles. The lowest BCUT2D eigenvalue weighted by atomic mass is 10.2. The fourth-order valence-electron chi connectivity index (χ4n) is 2.63. The highest BCUT2D eigenvalue weighted by Gasteiger charge is 2.30. The summed E-state index contributed by atoms with van der Waals surface area (Å²) < 4.78 is 42.2. The van der Waals surface area contributed by atoms with Crippen LogP contribution < -0.4 is 0 Å². The first-order valence-electron chi connectivity index (χ1n) is 7.28. The van der Waals surface area contributed by atoms with Crippen molar-refractivity contribution in [3.05, 3.63) is 18.0 Å². The normalized spacial score (nSPS) is 18.9. The van der Waals surface area contributed by atoms with E-state index in [1.807, 2.05) is 13.1 Å². The van der Waals surface area contributed by atoms with Crippen LogP contribution >= 0.6 is 0 Å². The van der Waals surface area contributed by atoms with E-state index in [0.717, 1.165) is 18.4 Å². The van der Waals surface area contributed by atoms with E-state index in [9.17, 15) is 18.0 Å². The number of hydrogen-bond donors (Lipinski definition) is 0. The van der Waals surface area contributed by atoms with Gasteiger partial charge in [-0.25, -0.2) is 0 Å². The quantitative estimate of drug-likeness (QED) is 0.755. The topological polar surface area (TPSA) is 47.4 Å². The summed E-state index contributed by atoms with van der Waals surface area (Å²) in [5.41, 5.74) is 1.05. The van der Waals surface area contributed by atoms with Crippen molar-refractivity contribution in [2.45, 2.75) is 44.9 Å². The van der Waals surface area contributed by atoms with E-state index in [0.29, 0.717) is 13.1 Å². The molecule has 1 amide bonds. The monoisotopic (exact) mass is 319 g/mol. The van der Waals surface area contributed by atoms with Gasteiger partial charge in [0.2, 0.25) is 5.91 Å². The largest absolute Gasteiger partial charge is 0.411 e. The Labute approximate surface area is 127 Å². The predicted molar refractivity (Wildman–Crippen MR) is 73.2 cm³/mol. The molecule has 0 aliphatic carbocycles. The molecule has 0 radical (unpaired) electrons. The highest BCUT2D eigenvalue weighted by atomic mass is 19.4. The molecule has 1 aromatic rings. The molecule has 5 nitrogen and oxygen atoms in total. The van der Waals surface area contributed by atoms with E-state index in [4.69, 9.17) is 0 Å². The SMILES string of the molecule is Cc1cnn(C[C@H]2CCCN2C(=O)CCOCC(F)(F)F)c1. The summed E-state index contributed by atoms with van der Waals surface area (Å²) in [6, 6.07) is 0.0504. The lowest BCUT2D eigenvalue weighted by Crippen LogP contribution is -2.38. The molecule has 2 heterocycles. The van der Waals surface area contributed by atoms with E-state index < -0.39 is 12.8 Å². The molecule has 8 heteroatoms. The van der Waals surface area contributed by atoms with Crippen LogP contribution in [0.5, 0.6) is 0 Å². The number of aryl methyl sites for hydroxylation is 1. The van der Waals surface area contributed by atoms with E-state index in [1.54, 1.807) is 15.8 Å². The van der Waals surface area contributed by atoms with Crippen LogP contribution in [-0.4, -0.2) is 52.6 Å². The Morgan fingerprint density at radius 1 is 1.50 bits per heavy atom. The van der Waals surface area contributed by atoms with Gasteiger partial charge in [-0.1, -0.05) is 0 Å². The minimum absolute atomic E-state index is 0.0231. The standard InChI is InChI=1S/C14H20F3N3O2/c1-11-7-18-19(8-11)9-12-3-2-5-20(12)13(21)4-6-22-10-14(15,16)17/h7-8,12H,2-6,9-10H2,1H3/t12-/m1/s1. The zero-order valence-electron chi connectivity index (χ0n) is 12.5. The number of carbonyl (C=O) groups is 1. The summed E-state index contributed by atoms with van der Waals surface area (Å²) in [6.07, 6.45) is 1.08. The molecule has 1 atom stereocenters. The first-order valence-corrected chi connectivity index (χ1v) is 7.28. The minimum atomic E-state index is -4.35. The van der Waals surface area contributed by atoms with Crippen LogP contribution in [0.2, 0.25) is 0 Å². The molecule has 0 N–H and O–H groups in total. The van der Waals surface area contributed by atoms with Crippen molar-refractivity contribution in [3.63, 3.8) is 0 Å². The van der Waals surface area contributed by atoms with Crippen molar-refractivity contribution in [1.29, 1.82) is 0 Å². The molecular weight excluding hydrogens is 299 g/mol. The average molecular weight is 319 g/mol. The zero-order valence-corrected chi connectivity index (χ0v) is 12.5. The van der Waals surface area contributed by atoms with E-state index >= 15 is 0 Å². The third kappa shape index (κ3) is 5.01. The third-order valence-electron chi connectivity index (χ3n) is 3.58. The van der Waals surface area contributed by atoms with E-state index in [1.165, 1.54) is 0 Å². The number of hydrogen-bond acceptors (Lipinski definition) is 3. The number of aromatic nitrogens is 2. The molecule has 2 rings (SSSR count). The first-order chi connectivity index (χ1) is 10.3. The number of halogens is 3. The molecule has 1 aliphatic heterocycles. The molecule has 22 heavy (non-hydrogen) atoms. The number of rotatable bonds is 6. The van der Waals surface area contributed by atoms with Crippen LogP contribution in [0, 0.1) is 6.92 Å². The molecule has 1 fully saturated rings. The van der Waals surface area contributed by atoms with Gasteiger partial charge in [-0.3, -0.25) is 9.48 Å². The van der Waals surface area contributed by atoms with Crippen molar-refractivity contribution in [3.8, 4) is 0 Å². The number of ether oxygens (including phenoxy) is 1. The Bertz CT molecular complexity index is 502. The van der Waals surface area contributed by atoms with Crippen LogP contribution in [0.15, 0.2) is 12.4 Å². The Hall–Kier alpha value is -1.57. The number of amides is 1. The number of carbonyl (C=O) groups excluding carboxylic acids is 1. The zero-order chi connectivity index (χ0) is 16.2. The second kappa shape index (κ2) is 7.13. The highest BCUT2D eigenvalue weighted by Crippen LogP contribution is 2.20. The second-order valence-corrected chi connectivity index (χ2v) is 5.54. The Morgan fingerprint density at radius 2 is 2.27 bits per heavy atom.